The van der Waals surface area contributed by atoms with Crippen molar-refractivity contribution >= 4 is 46.4 Å². The summed E-state index contributed by atoms with van der Waals surface area (Å²) in [4.78, 5) is 25.4. The van der Waals surface area contributed by atoms with Gasteiger partial charge in [-0.1, -0.05) is 35.3 Å². The highest BCUT2D eigenvalue weighted by Crippen LogP contribution is 2.20. The van der Waals surface area contributed by atoms with Gasteiger partial charge in [0.15, 0.2) is 0 Å². The maximum atomic E-state index is 12.1. The van der Waals surface area contributed by atoms with Gasteiger partial charge in [0.25, 0.3) is 0 Å². The van der Waals surface area contributed by atoms with Gasteiger partial charge < -0.3 is 15.5 Å². The monoisotopic (exact) mass is 365 g/mol. The molecule has 0 heterocycles. The molecule has 24 heavy (non-hydrogen) atoms. The van der Waals surface area contributed by atoms with Crippen LogP contribution in [-0.4, -0.2) is 36.9 Å². The molecule has 0 bridgehead atoms. The number of halogens is 2. The van der Waals surface area contributed by atoms with Gasteiger partial charge in [0.05, 0.1) is 23.8 Å². The van der Waals surface area contributed by atoms with Crippen molar-refractivity contribution in [2.24, 2.45) is 0 Å². The van der Waals surface area contributed by atoms with Crippen molar-refractivity contribution in [2.75, 3.05) is 30.8 Å². The first-order chi connectivity index (χ1) is 11.5. The van der Waals surface area contributed by atoms with E-state index in [0.29, 0.717) is 15.7 Å². The topological polar surface area (TPSA) is 61.4 Å². The van der Waals surface area contributed by atoms with E-state index in [0.717, 1.165) is 5.69 Å². The largest absolute Gasteiger partial charge is 0.376 e. The molecule has 2 rings (SSSR count). The van der Waals surface area contributed by atoms with E-state index in [-0.39, 0.29) is 24.9 Å². The molecule has 2 amide bonds. The highest BCUT2D eigenvalue weighted by molar-refractivity contribution is 6.33. The van der Waals surface area contributed by atoms with E-state index in [1.807, 2.05) is 0 Å². The van der Waals surface area contributed by atoms with Crippen molar-refractivity contribution in [3.05, 3.63) is 58.6 Å². The zero-order valence-electron chi connectivity index (χ0n) is 13.1. The van der Waals surface area contributed by atoms with E-state index in [9.17, 15) is 9.59 Å². The van der Waals surface area contributed by atoms with E-state index in [4.69, 9.17) is 23.2 Å². The van der Waals surface area contributed by atoms with Gasteiger partial charge in [0.2, 0.25) is 11.8 Å². The lowest BCUT2D eigenvalue weighted by atomic mass is 10.3. The molecule has 0 saturated heterocycles. The zero-order chi connectivity index (χ0) is 17.5. The van der Waals surface area contributed by atoms with Crippen LogP contribution in [0.5, 0.6) is 0 Å². The fraction of sp³-hybridized carbons (Fsp3) is 0.176. The average molecular weight is 366 g/mol. The minimum atomic E-state index is -0.314. The number of amides is 2. The lowest BCUT2D eigenvalue weighted by molar-refractivity contribution is -0.131. The molecule has 0 aliphatic carbocycles. The maximum Gasteiger partial charge on any atom is 0.244 e. The highest BCUT2D eigenvalue weighted by Gasteiger charge is 2.13. The molecule has 0 aliphatic heterocycles. The molecule has 0 fully saturated rings. The molecular weight excluding hydrogens is 349 g/mol. The van der Waals surface area contributed by atoms with E-state index < -0.39 is 0 Å². The molecule has 126 valence electrons. The van der Waals surface area contributed by atoms with Crippen LogP contribution in [0.1, 0.15) is 0 Å². The van der Waals surface area contributed by atoms with Gasteiger partial charge >= 0.3 is 0 Å². The molecule has 2 aromatic rings. The molecule has 0 unspecified atom stereocenters. The molecule has 7 heteroatoms. The second-order valence-electron chi connectivity index (χ2n) is 5.14. The molecule has 0 saturated carbocycles. The average Bonchev–Trinajstić information content (AvgIpc) is 2.56. The van der Waals surface area contributed by atoms with Gasteiger partial charge in [-0.25, -0.2) is 0 Å². The first-order valence-electron chi connectivity index (χ1n) is 7.23. The summed E-state index contributed by atoms with van der Waals surface area (Å²) in [5.74, 6) is -0.523. The Morgan fingerprint density at radius 3 is 2.38 bits per heavy atom. The van der Waals surface area contributed by atoms with Crippen molar-refractivity contribution in [3.63, 3.8) is 0 Å². The summed E-state index contributed by atoms with van der Waals surface area (Å²) in [6, 6.07) is 13.9. The van der Waals surface area contributed by atoms with Gasteiger partial charge in [-0.2, -0.15) is 0 Å². The molecular formula is C17H17Cl2N3O2. The Kier molecular flexibility index (Phi) is 6.46. The van der Waals surface area contributed by atoms with Crippen molar-refractivity contribution in [2.45, 2.75) is 0 Å². The number of hydrogen-bond acceptors (Lipinski definition) is 3. The van der Waals surface area contributed by atoms with Gasteiger partial charge in [-0.05, 0) is 36.4 Å². The molecule has 0 spiro atoms. The number of nitrogens with zero attached hydrogens (tertiary/aromatic N) is 1. The SMILES string of the molecule is CN(CC(=O)Nc1ccccc1Cl)C(=O)CNc1ccc(Cl)cc1. The fourth-order valence-electron chi connectivity index (χ4n) is 1.94. The maximum absolute atomic E-state index is 12.1. The number of likely N-dealkylation sites (N-methyl/N-ethyl adjacent to an activating group) is 1. The summed E-state index contributed by atoms with van der Waals surface area (Å²) in [5, 5.41) is 6.73. The van der Waals surface area contributed by atoms with Gasteiger partial charge in [-0.15, -0.1) is 0 Å². The second-order valence-corrected chi connectivity index (χ2v) is 5.98. The first kappa shape index (κ1) is 18.1. The van der Waals surface area contributed by atoms with Crippen LogP contribution in [0.4, 0.5) is 11.4 Å². The molecule has 5 nitrogen and oxygen atoms in total. The summed E-state index contributed by atoms with van der Waals surface area (Å²) in [6.45, 7) is 0.0177. The number of carbonyl (C=O) groups excluding carboxylic acids is 2. The number of carbonyl (C=O) groups is 2. The van der Waals surface area contributed by atoms with E-state index in [1.165, 1.54) is 4.90 Å². The Morgan fingerprint density at radius 2 is 1.71 bits per heavy atom. The van der Waals surface area contributed by atoms with Gasteiger partial charge in [0.1, 0.15) is 0 Å². The third kappa shape index (κ3) is 5.44. The molecule has 0 atom stereocenters. The fourth-order valence-corrected chi connectivity index (χ4v) is 2.25. The van der Waals surface area contributed by atoms with Crippen LogP contribution >= 0.6 is 23.2 Å². The van der Waals surface area contributed by atoms with E-state index >= 15 is 0 Å². The van der Waals surface area contributed by atoms with Crippen LogP contribution in [0.15, 0.2) is 48.5 Å². The van der Waals surface area contributed by atoms with Crippen molar-refractivity contribution in [3.8, 4) is 0 Å². The zero-order valence-corrected chi connectivity index (χ0v) is 14.6. The molecule has 0 aliphatic rings. The minimum Gasteiger partial charge on any atom is -0.376 e. The Hall–Kier alpha value is -2.24. The Labute approximate surface area is 150 Å². The standard InChI is InChI=1S/C17H17Cl2N3O2/c1-22(11-16(23)21-15-5-3-2-4-14(15)19)17(24)10-20-13-8-6-12(18)7-9-13/h2-9,20H,10-11H2,1H3,(H,21,23). The minimum absolute atomic E-state index is 0.0631. The van der Waals surface area contributed by atoms with Crippen molar-refractivity contribution in [1.29, 1.82) is 0 Å². The summed E-state index contributed by atoms with van der Waals surface area (Å²) in [7, 11) is 1.57. The lowest BCUT2D eigenvalue weighted by Gasteiger charge is -2.17. The first-order valence-corrected chi connectivity index (χ1v) is 7.99. The molecule has 2 N–H and O–H groups in total. The number of para-hydroxylation sites is 1. The van der Waals surface area contributed by atoms with Crippen LogP contribution in [0.2, 0.25) is 10.0 Å². The Balaban J connectivity index is 1.81. The number of anilines is 2. The lowest BCUT2D eigenvalue weighted by Crippen LogP contribution is -2.38. The molecule has 2 aromatic carbocycles. The third-order valence-corrected chi connectivity index (χ3v) is 3.82. The summed E-state index contributed by atoms with van der Waals surface area (Å²) < 4.78 is 0. The number of benzene rings is 2. The van der Waals surface area contributed by atoms with Gasteiger partial charge in [-0.3, -0.25) is 9.59 Å². The van der Waals surface area contributed by atoms with Crippen LogP contribution in [0.3, 0.4) is 0 Å². The number of hydrogen-bond donors (Lipinski definition) is 2. The quantitative estimate of drug-likeness (QED) is 0.823. The van der Waals surface area contributed by atoms with Crippen molar-refractivity contribution in [1.82, 2.24) is 4.90 Å². The van der Waals surface area contributed by atoms with Crippen LogP contribution in [0, 0.1) is 0 Å². The second kappa shape index (κ2) is 8.57. The van der Waals surface area contributed by atoms with Crippen molar-refractivity contribution < 1.29 is 9.59 Å². The predicted octanol–water partition coefficient (Wildman–Crippen LogP) is 3.50. The Bertz CT molecular complexity index is 720. The van der Waals surface area contributed by atoms with Gasteiger partial charge in [0, 0.05) is 17.8 Å². The Morgan fingerprint density at radius 1 is 1.04 bits per heavy atom. The highest BCUT2D eigenvalue weighted by atomic mass is 35.5. The van der Waals surface area contributed by atoms with E-state index in [1.54, 1.807) is 55.6 Å². The summed E-state index contributed by atoms with van der Waals surface area (Å²) in [5.41, 5.74) is 1.30. The number of rotatable bonds is 6. The number of nitrogens with one attached hydrogen (secondary N) is 2. The normalized spacial score (nSPS) is 10.1. The third-order valence-electron chi connectivity index (χ3n) is 3.24. The predicted molar refractivity (Wildman–Crippen MR) is 97.7 cm³/mol. The van der Waals surface area contributed by atoms with Crippen LogP contribution in [0.25, 0.3) is 0 Å². The molecule has 0 aromatic heterocycles. The smallest absolute Gasteiger partial charge is 0.244 e. The summed E-state index contributed by atoms with van der Waals surface area (Å²) >= 11 is 11.8. The molecule has 0 radical (unpaired) electrons. The van der Waals surface area contributed by atoms with Crippen LogP contribution in [-0.2, 0) is 9.59 Å². The van der Waals surface area contributed by atoms with Crippen LogP contribution < -0.4 is 10.6 Å². The van der Waals surface area contributed by atoms with E-state index in [2.05, 4.69) is 10.6 Å². The summed E-state index contributed by atoms with van der Waals surface area (Å²) in [6.07, 6.45) is 0.